The van der Waals surface area contributed by atoms with Crippen LogP contribution in [0.2, 0.25) is 0 Å². The van der Waals surface area contributed by atoms with Crippen molar-refractivity contribution >= 4 is 5.95 Å². The van der Waals surface area contributed by atoms with E-state index >= 15 is 0 Å². The van der Waals surface area contributed by atoms with Crippen LogP contribution in [0, 0.1) is 6.92 Å². The number of nitrogens with zero attached hydrogens (tertiary/aromatic N) is 2. The second-order valence-electron chi connectivity index (χ2n) is 5.38. The zero-order valence-electron chi connectivity index (χ0n) is 12.1. The van der Waals surface area contributed by atoms with E-state index in [9.17, 15) is 0 Å². The maximum atomic E-state index is 5.64. The fourth-order valence-electron chi connectivity index (χ4n) is 2.23. The monoisotopic (exact) mass is 264 g/mol. The smallest absolute Gasteiger partial charge is 0.226 e. The molecule has 0 bridgehead atoms. The second-order valence-corrected chi connectivity index (χ2v) is 5.38. The van der Waals surface area contributed by atoms with Crippen molar-refractivity contribution in [1.82, 2.24) is 15.3 Å². The summed E-state index contributed by atoms with van der Waals surface area (Å²) in [4.78, 5) is 8.86. The highest BCUT2D eigenvalue weighted by atomic mass is 16.5. The van der Waals surface area contributed by atoms with E-state index < -0.39 is 0 Å². The highest BCUT2D eigenvalue weighted by molar-refractivity contribution is 5.32. The van der Waals surface area contributed by atoms with Gasteiger partial charge in [0.2, 0.25) is 11.8 Å². The lowest BCUT2D eigenvalue weighted by atomic mass is 10.1. The molecule has 5 nitrogen and oxygen atoms in total. The van der Waals surface area contributed by atoms with Crippen molar-refractivity contribution in [2.24, 2.45) is 0 Å². The van der Waals surface area contributed by atoms with Gasteiger partial charge in [0.25, 0.3) is 0 Å². The molecule has 0 spiro atoms. The molecule has 2 heterocycles. The minimum Gasteiger partial charge on any atom is -0.475 e. The average molecular weight is 264 g/mol. The van der Waals surface area contributed by atoms with Gasteiger partial charge in [-0.15, -0.1) is 0 Å². The van der Waals surface area contributed by atoms with Gasteiger partial charge in [-0.2, -0.15) is 4.98 Å². The summed E-state index contributed by atoms with van der Waals surface area (Å²) in [6, 6.07) is 2.27. The van der Waals surface area contributed by atoms with Gasteiger partial charge in [-0.05, 0) is 40.2 Å². The molecule has 0 aromatic carbocycles. The summed E-state index contributed by atoms with van der Waals surface area (Å²) in [6.07, 6.45) is 3.77. The number of ether oxygens (including phenoxy) is 1. The molecule has 19 heavy (non-hydrogen) atoms. The van der Waals surface area contributed by atoms with Gasteiger partial charge in [0.05, 0.1) is 6.10 Å². The van der Waals surface area contributed by atoms with E-state index in [4.69, 9.17) is 4.74 Å². The molecule has 0 radical (unpaired) electrons. The van der Waals surface area contributed by atoms with Crippen molar-refractivity contribution in [3.05, 3.63) is 11.8 Å². The lowest BCUT2D eigenvalue weighted by Crippen LogP contribution is -2.31. The Kier molecular flexibility index (Phi) is 4.96. The van der Waals surface area contributed by atoms with Crippen LogP contribution in [-0.2, 0) is 0 Å². The van der Waals surface area contributed by atoms with E-state index in [1.165, 1.54) is 12.8 Å². The summed E-state index contributed by atoms with van der Waals surface area (Å²) in [5.41, 5.74) is 0.926. The Hall–Kier alpha value is -1.36. The lowest BCUT2D eigenvalue weighted by Gasteiger charge is -2.17. The van der Waals surface area contributed by atoms with Gasteiger partial charge in [-0.3, -0.25) is 0 Å². The van der Waals surface area contributed by atoms with Gasteiger partial charge in [0, 0.05) is 24.3 Å². The first-order chi connectivity index (χ1) is 9.13. The largest absolute Gasteiger partial charge is 0.475 e. The average Bonchev–Trinajstić information content (AvgIpc) is 2.55. The second kappa shape index (κ2) is 6.70. The highest BCUT2D eigenvalue weighted by Gasteiger charge is 2.13. The van der Waals surface area contributed by atoms with Gasteiger partial charge in [-0.1, -0.05) is 6.42 Å². The third-order valence-electron chi connectivity index (χ3n) is 3.07. The molecular formula is C14H24N4O. The van der Waals surface area contributed by atoms with E-state index in [-0.39, 0.29) is 6.10 Å². The van der Waals surface area contributed by atoms with Gasteiger partial charge >= 0.3 is 0 Å². The zero-order chi connectivity index (χ0) is 13.7. The van der Waals surface area contributed by atoms with Crippen LogP contribution in [-0.4, -0.2) is 35.2 Å². The molecule has 1 aromatic rings. The molecule has 2 N–H and O–H groups in total. The van der Waals surface area contributed by atoms with E-state index in [1.54, 1.807) is 0 Å². The Labute approximate surface area is 115 Å². The molecule has 1 aliphatic heterocycles. The quantitative estimate of drug-likeness (QED) is 0.872. The molecule has 1 atom stereocenters. The minimum atomic E-state index is 0.127. The number of hydrogen-bond acceptors (Lipinski definition) is 5. The van der Waals surface area contributed by atoms with E-state index in [0.717, 1.165) is 25.2 Å². The molecule has 1 unspecified atom stereocenters. The molecule has 0 aliphatic carbocycles. The maximum absolute atomic E-state index is 5.64. The summed E-state index contributed by atoms with van der Waals surface area (Å²) < 4.78 is 5.64. The normalized spacial score (nSPS) is 20.1. The minimum absolute atomic E-state index is 0.127. The topological polar surface area (TPSA) is 59.1 Å². The number of rotatable bonds is 4. The first-order valence-electron chi connectivity index (χ1n) is 7.13. The van der Waals surface area contributed by atoms with Crippen LogP contribution in [0.1, 0.15) is 38.8 Å². The number of hydrogen-bond donors (Lipinski definition) is 2. The predicted octanol–water partition coefficient (Wildman–Crippen LogP) is 2.13. The Bertz CT molecular complexity index is 400. The predicted molar refractivity (Wildman–Crippen MR) is 76.7 cm³/mol. The third kappa shape index (κ3) is 4.67. The fourth-order valence-corrected chi connectivity index (χ4v) is 2.23. The highest BCUT2D eigenvalue weighted by Crippen LogP contribution is 2.15. The standard InChI is InChI=1S/C14H24N4O/c1-10(2)19-13-8-11(3)16-14(18-13)17-12-6-4-5-7-15-9-12/h8,10,12,15H,4-7,9H2,1-3H3,(H,16,17,18). The Morgan fingerprint density at radius 1 is 1.37 bits per heavy atom. The van der Waals surface area contributed by atoms with Crippen molar-refractivity contribution in [3.63, 3.8) is 0 Å². The van der Waals surface area contributed by atoms with Crippen LogP contribution < -0.4 is 15.4 Å². The van der Waals surface area contributed by atoms with Crippen molar-refractivity contribution in [3.8, 4) is 5.88 Å². The summed E-state index contributed by atoms with van der Waals surface area (Å²) >= 11 is 0. The van der Waals surface area contributed by atoms with Crippen LogP contribution in [0.3, 0.4) is 0 Å². The summed E-state index contributed by atoms with van der Waals surface area (Å²) in [5.74, 6) is 1.32. The SMILES string of the molecule is Cc1cc(OC(C)C)nc(NC2CCCCNC2)n1. The van der Waals surface area contributed by atoms with Crippen LogP contribution in [0.25, 0.3) is 0 Å². The van der Waals surface area contributed by atoms with Crippen LogP contribution in [0.15, 0.2) is 6.07 Å². The molecule has 2 rings (SSSR count). The van der Waals surface area contributed by atoms with Crippen molar-refractivity contribution < 1.29 is 4.74 Å². The van der Waals surface area contributed by atoms with Crippen molar-refractivity contribution in [1.29, 1.82) is 0 Å². The van der Waals surface area contributed by atoms with E-state index in [1.807, 2.05) is 26.8 Å². The molecule has 106 valence electrons. The molecule has 1 aliphatic rings. The van der Waals surface area contributed by atoms with Crippen molar-refractivity contribution in [2.45, 2.75) is 52.2 Å². The lowest BCUT2D eigenvalue weighted by molar-refractivity contribution is 0.232. The van der Waals surface area contributed by atoms with Gasteiger partial charge in [-0.25, -0.2) is 4.98 Å². The molecule has 0 saturated carbocycles. The van der Waals surface area contributed by atoms with Gasteiger partial charge < -0.3 is 15.4 Å². The number of anilines is 1. The maximum Gasteiger partial charge on any atom is 0.226 e. The van der Waals surface area contributed by atoms with Crippen molar-refractivity contribution in [2.75, 3.05) is 18.4 Å². The summed E-state index contributed by atoms with van der Waals surface area (Å²) in [6.45, 7) is 8.04. The van der Waals surface area contributed by atoms with Crippen LogP contribution >= 0.6 is 0 Å². The third-order valence-corrected chi connectivity index (χ3v) is 3.07. The molecule has 5 heteroatoms. The van der Waals surface area contributed by atoms with Gasteiger partial charge in [0.1, 0.15) is 0 Å². The first-order valence-corrected chi connectivity index (χ1v) is 7.13. The van der Waals surface area contributed by atoms with Crippen LogP contribution in [0.4, 0.5) is 5.95 Å². The number of nitrogens with one attached hydrogen (secondary N) is 2. The Morgan fingerprint density at radius 2 is 2.21 bits per heavy atom. The summed E-state index contributed by atoms with van der Waals surface area (Å²) in [5, 5.41) is 6.84. The number of aromatic nitrogens is 2. The molecular weight excluding hydrogens is 240 g/mol. The number of aryl methyl sites for hydroxylation is 1. The Balaban J connectivity index is 2.04. The molecule has 0 amide bonds. The van der Waals surface area contributed by atoms with Gasteiger partial charge in [0.15, 0.2) is 0 Å². The fraction of sp³-hybridized carbons (Fsp3) is 0.714. The summed E-state index contributed by atoms with van der Waals surface area (Å²) in [7, 11) is 0. The molecule has 1 fully saturated rings. The van der Waals surface area contributed by atoms with E-state index in [0.29, 0.717) is 17.9 Å². The van der Waals surface area contributed by atoms with E-state index in [2.05, 4.69) is 20.6 Å². The van der Waals surface area contributed by atoms with Crippen LogP contribution in [0.5, 0.6) is 5.88 Å². The Morgan fingerprint density at radius 3 is 3.00 bits per heavy atom. The molecule has 1 saturated heterocycles. The zero-order valence-corrected chi connectivity index (χ0v) is 12.1. The molecule has 1 aromatic heterocycles. The first kappa shape index (κ1) is 14.1.